The van der Waals surface area contributed by atoms with E-state index in [2.05, 4.69) is 25.9 Å². The first-order valence-corrected chi connectivity index (χ1v) is 9.58. The van der Waals surface area contributed by atoms with E-state index in [0.717, 1.165) is 28.5 Å². The summed E-state index contributed by atoms with van der Waals surface area (Å²) in [5.41, 5.74) is 4.57. The molecule has 0 aliphatic carbocycles. The number of fused-ring (bicyclic) bond motifs is 3. The van der Waals surface area contributed by atoms with Crippen LogP contribution in [0.5, 0.6) is 0 Å². The molecule has 0 N–H and O–H groups in total. The van der Waals surface area contributed by atoms with Crippen LogP contribution in [-0.2, 0) is 13.1 Å². The van der Waals surface area contributed by atoms with Crippen molar-refractivity contribution in [3.63, 3.8) is 0 Å². The van der Waals surface area contributed by atoms with Gasteiger partial charge in [-0.25, -0.2) is 14.4 Å². The smallest absolute Gasteiger partial charge is 0.256 e. The highest BCUT2D eigenvalue weighted by molar-refractivity contribution is 5.98. The molecule has 142 valence electrons. The molecule has 0 bridgehead atoms. The summed E-state index contributed by atoms with van der Waals surface area (Å²) in [6.07, 6.45) is 3.56. The van der Waals surface area contributed by atoms with Crippen LogP contribution in [0, 0.1) is 5.92 Å². The lowest BCUT2D eigenvalue weighted by molar-refractivity contribution is 0.0748. The van der Waals surface area contributed by atoms with Gasteiger partial charge in [0.2, 0.25) is 0 Å². The summed E-state index contributed by atoms with van der Waals surface area (Å²) in [6, 6.07) is 9.70. The first-order valence-electron chi connectivity index (χ1n) is 9.58. The molecule has 5 rings (SSSR count). The van der Waals surface area contributed by atoms with Gasteiger partial charge in [0.15, 0.2) is 5.82 Å². The van der Waals surface area contributed by atoms with Gasteiger partial charge in [-0.3, -0.25) is 4.79 Å². The van der Waals surface area contributed by atoms with Crippen LogP contribution in [-0.4, -0.2) is 36.1 Å². The highest BCUT2D eigenvalue weighted by atomic mass is 16.2. The summed E-state index contributed by atoms with van der Waals surface area (Å²) in [5, 5.41) is 9.07. The molecule has 0 radical (unpaired) electrons. The highest BCUT2D eigenvalue weighted by Gasteiger charge is 2.35. The van der Waals surface area contributed by atoms with Crippen LogP contribution in [0.2, 0.25) is 0 Å². The van der Waals surface area contributed by atoms with E-state index in [0.29, 0.717) is 24.6 Å². The average Bonchev–Trinajstić information content (AvgIpc) is 3.43. The van der Waals surface area contributed by atoms with Crippen LogP contribution < -0.4 is 0 Å². The maximum absolute atomic E-state index is 13.3. The predicted molar refractivity (Wildman–Crippen MR) is 106 cm³/mol. The Balaban J connectivity index is 1.47. The number of amides is 1. The maximum atomic E-state index is 13.3. The Labute approximate surface area is 163 Å². The summed E-state index contributed by atoms with van der Waals surface area (Å²) in [5.74, 6) is 1.26. The molecule has 28 heavy (non-hydrogen) atoms. The molecule has 1 amide bonds. The molecule has 0 saturated heterocycles. The van der Waals surface area contributed by atoms with Gasteiger partial charge in [-0.15, -0.1) is 0 Å². The average molecular weight is 374 g/mol. The zero-order valence-corrected chi connectivity index (χ0v) is 16.2. The number of carbonyl (C=O) groups is 1. The summed E-state index contributed by atoms with van der Waals surface area (Å²) < 4.78 is 3.75. The molecular formula is C21H22N6O. The van der Waals surface area contributed by atoms with Gasteiger partial charge in [0, 0.05) is 29.6 Å². The Bertz CT molecular complexity index is 1090. The zero-order valence-electron chi connectivity index (χ0n) is 16.2. The van der Waals surface area contributed by atoms with E-state index < -0.39 is 0 Å². The fourth-order valence-electron chi connectivity index (χ4n) is 4.03. The van der Waals surface area contributed by atoms with Crippen molar-refractivity contribution in [2.75, 3.05) is 0 Å². The quantitative estimate of drug-likeness (QED) is 0.689. The van der Waals surface area contributed by atoms with Crippen molar-refractivity contribution in [2.24, 2.45) is 10.9 Å². The minimum atomic E-state index is -0.0132. The molecule has 2 aliphatic rings. The molecule has 2 aliphatic heterocycles. The molecular weight excluding hydrogens is 352 g/mol. The molecule has 2 aromatic heterocycles. The third-order valence-electron chi connectivity index (χ3n) is 5.98. The summed E-state index contributed by atoms with van der Waals surface area (Å²) in [7, 11) is 0. The van der Waals surface area contributed by atoms with Crippen molar-refractivity contribution >= 4 is 17.4 Å². The first kappa shape index (κ1) is 16.9. The zero-order chi connectivity index (χ0) is 19.4. The summed E-state index contributed by atoms with van der Waals surface area (Å²) >= 11 is 0. The van der Waals surface area contributed by atoms with Crippen LogP contribution in [0.1, 0.15) is 48.4 Å². The van der Waals surface area contributed by atoms with Crippen molar-refractivity contribution in [1.82, 2.24) is 24.5 Å². The second-order valence-electron chi connectivity index (χ2n) is 7.60. The van der Waals surface area contributed by atoms with Gasteiger partial charge in [0.05, 0.1) is 36.1 Å². The second-order valence-corrected chi connectivity index (χ2v) is 7.60. The van der Waals surface area contributed by atoms with E-state index >= 15 is 0 Å². The number of benzene rings is 1. The largest absolute Gasteiger partial charge is 0.328 e. The molecule has 7 heteroatoms. The molecule has 0 spiro atoms. The number of carbonyl (C=O) groups excluding carboxylic acids is 1. The SMILES string of the molecule is CC1=Nc2c3c(nn2C(C)C1C)CN(C(=O)c1ccccc1-n1cccn1)C3. The Morgan fingerprint density at radius 3 is 2.75 bits per heavy atom. The lowest BCUT2D eigenvalue weighted by Gasteiger charge is -2.27. The van der Waals surface area contributed by atoms with E-state index in [1.165, 1.54) is 0 Å². The lowest BCUT2D eigenvalue weighted by atomic mass is 9.97. The molecule has 2 unspecified atom stereocenters. The molecule has 0 saturated carbocycles. The fourth-order valence-corrected chi connectivity index (χ4v) is 4.03. The Kier molecular flexibility index (Phi) is 3.72. The summed E-state index contributed by atoms with van der Waals surface area (Å²) in [4.78, 5) is 19.9. The first-order chi connectivity index (χ1) is 13.5. The number of nitrogens with zero attached hydrogens (tertiary/aromatic N) is 6. The van der Waals surface area contributed by atoms with Crippen LogP contribution in [0.15, 0.2) is 47.7 Å². The van der Waals surface area contributed by atoms with Crippen molar-refractivity contribution < 1.29 is 4.79 Å². The number of rotatable bonds is 2. The number of hydrogen-bond donors (Lipinski definition) is 0. The normalized spacial score (nSPS) is 20.7. The van der Waals surface area contributed by atoms with Gasteiger partial charge < -0.3 is 4.90 Å². The van der Waals surface area contributed by atoms with E-state index in [9.17, 15) is 4.79 Å². The molecule has 1 aromatic carbocycles. The third-order valence-corrected chi connectivity index (χ3v) is 5.98. The Morgan fingerprint density at radius 2 is 1.96 bits per heavy atom. The van der Waals surface area contributed by atoms with Crippen molar-refractivity contribution in [3.05, 3.63) is 59.5 Å². The number of aromatic nitrogens is 4. The minimum Gasteiger partial charge on any atom is -0.328 e. The van der Waals surface area contributed by atoms with Gasteiger partial charge in [-0.1, -0.05) is 19.1 Å². The van der Waals surface area contributed by atoms with Gasteiger partial charge >= 0.3 is 0 Å². The predicted octanol–water partition coefficient (Wildman–Crippen LogP) is 3.53. The number of para-hydroxylation sites is 1. The number of hydrogen-bond acceptors (Lipinski definition) is 4. The molecule has 0 fully saturated rings. The highest BCUT2D eigenvalue weighted by Crippen LogP contribution is 2.39. The van der Waals surface area contributed by atoms with Crippen molar-refractivity contribution in [2.45, 2.75) is 39.9 Å². The van der Waals surface area contributed by atoms with Gasteiger partial charge in [-0.05, 0) is 32.0 Å². The second kappa shape index (κ2) is 6.15. The molecule has 3 aromatic rings. The van der Waals surface area contributed by atoms with Gasteiger partial charge in [0.25, 0.3) is 5.91 Å². The Morgan fingerprint density at radius 1 is 1.14 bits per heavy atom. The topological polar surface area (TPSA) is 68.3 Å². The summed E-state index contributed by atoms with van der Waals surface area (Å²) in [6.45, 7) is 7.48. The van der Waals surface area contributed by atoms with E-state index in [1.807, 2.05) is 46.1 Å². The van der Waals surface area contributed by atoms with Crippen LogP contribution in [0.3, 0.4) is 0 Å². The van der Waals surface area contributed by atoms with Gasteiger partial charge in [0.1, 0.15) is 0 Å². The molecule has 7 nitrogen and oxygen atoms in total. The standard InChI is InChI=1S/C21H22N6O/c1-13-14(2)23-20-17-11-25(12-18(17)24-27(20)15(13)3)21(28)16-7-4-5-8-19(16)26-10-6-9-22-26/h4-10,13,15H,11-12H2,1-3H3. The molecule has 2 atom stereocenters. The number of aliphatic imine (C=N–C) groups is 1. The van der Waals surface area contributed by atoms with Gasteiger partial charge in [-0.2, -0.15) is 10.2 Å². The van der Waals surface area contributed by atoms with Crippen LogP contribution >= 0.6 is 0 Å². The van der Waals surface area contributed by atoms with E-state index in [1.54, 1.807) is 10.9 Å². The Hall–Kier alpha value is -3.22. The van der Waals surface area contributed by atoms with Crippen LogP contribution in [0.25, 0.3) is 5.69 Å². The fraction of sp³-hybridized carbons (Fsp3) is 0.333. The third kappa shape index (κ3) is 2.42. The lowest BCUT2D eigenvalue weighted by Crippen LogP contribution is -2.29. The van der Waals surface area contributed by atoms with Crippen molar-refractivity contribution in [1.29, 1.82) is 0 Å². The molecule has 4 heterocycles. The monoisotopic (exact) mass is 374 g/mol. The minimum absolute atomic E-state index is 0.0132. The van der Waals surface area contributed by atoms with E-state index in [-0.39, 0.29) is 11.9 Å². The van der Waals surface area contributed by atoms with Crippen molar-refractivity contribution in [3.8, 4) is 5.69 Å². The maximum Gasteiger partial charge on any atom is 0.256 e. The van der Waals surface area contributed by atoms with Crippen LogP contribution in [0.4, 0.5) is 5.82 Å². The van der Waals surface area contributed by atoms with E-state index in [4.69, 9.17) is 10.1 Å².